The summed E-state index contributed by atoms with van der Waals surface area (Å²) in [5.41, 5.74) is 2.29. The lowest BCUT2D eigenvalue weighted by Crippen LogP contribution is -2.11. The van der Waals surface area contributed by atoms with E-state index in [9.17, 15) is 0 Å². The van der Waals surface area contributed by atoms with E-state index in [1.165, 1.54) is 0 Å². The molecular formula is C14H20N4O. The topological polar surface area (TPSA) is 52.0 Å². The number of nitrogens with one attached hydrogen (secondary N) is 1. The minimum atomic E-state index is 0.440. The number of hydrogen-bond donors (Lipinski definition) is 1. The Kier molecular flexibility index (Phi) is 4.52. The molecule has 1 heterocycles. The normalized spacial score (nSPS) is 10.7. The number of para-hydroxylation sites is 1. The molecule has 102 valence electrons. The largest absolute Gasteiger partial charge is 0.485 e. The summed E-state index contributed by atoms with van der Waals surface area (Å²) in [4.78, 5) is 4.22. The fourth-order valence-electron chi connectivity index (χ4n) is 2.05. The van der Waals surface area contributed by atoms with E-state index in [-0.39, 0.29) is 0 Å². The Morgan fingerprint density at radius 3 is 2.95 bits per heavy atom. The minimum absolute atomic E-state index is 0.440. The van der Waals surface area contributed by atoms with Crippen LogP contribution in [-0.4, -0.2) is 21.8 Å². The van der Waals surface area contributed by atoms with Gasteiger partial charge in [-0.2, -0.15) is 5.10 Å². The molecule has 0 atom stereocenters. The van der Waals surface area contributed by atoms with E-state index in [0.717, 1.165) is 35.8 Å². The maximum absolute atomic E-state index is 5.94. The van der Waals surface area contributed by atoms with Crippen molar-refractivity contribution in [2.45, 2.75) is 33.5 Å². The molecule has 0 unspecified atom stereocenters. The zero-order chi connectivity index (χ0) is 13.7. The van der Waals surface area contributed by atoms with Crippen molar-refractivity contribution in [1.29, 1.82) is 0 Å². The molecule has 1 aromatic carbocycles. The maximum Gasteiger partial charge on any atom is 0.164 e. The SMILES string of the molecule is CCn1ncnc1COc1c(C)cccc1CNC. The van der Waals surface area contributed by atoms with Crippen molar-refractivity contribution in [2.75, 3.05) is 7.05 Å². The zero-order valence-corrected chi connectivity index (χ0v) is 11.7. The first-order valence-electron chi connectivity index (χ1n) is 6.48. The Balaban J connectivity index is 2.15. The van der Waals surface area contributed by atoms with Crippen LogP contribution in [0.1, 0.15) is 23.9 Å². The molecule has 0 saturated heterocycles. The standard InChI is InChI=1S/C14H20N4O/c1-4-18-13(16-10-17-18)9-19-14-11(2)6-5-7-12(14)8-15-3/h5-7,10,15H,4,8-9H2,1-3H3. The Bertz CT molecular complexity index is 536. The smallest absolute Gasteiger partial charge is 0.164 e. The molecule has 0 aliphatic carbocycles. The molecule has 1 aromatic heterocycles. The number of hydrogen-bond acceptors (Lipinski definition) is 4. The van der Waals surface area contributed by atoms with Gasteiger partial charge in [-0.3, -0.25) is 0 Å². The number of nitrogens with zero attached hydrogens (tertiary/aromatic N) is 3. The van der Waals surface area contributed by atoms with Crippen molar-refractivity contribution in [2.24, 2.45) is 0 Å². The monoisotopic (exact) mass is 260 g/mol. The van der Waals surface area contributed by atoms with Gasteiger partial charge >= 0.3 is 0 Å². The molecule has 19 heavy (non-hydrogen) atoms. The lowest BCUT2D eigenvalue weighted by Gasteiger charge is -2.14. The Labute approximate surface area is 113 Å². The van der Waals surface area contributed by atoms with E-state index in [2.05, 4.69) is 34.5 Å². The molecule has 0 bridgehead atoms. The van der Waals surface area contributed by atoms with Crippen LogP contribution in [0.2, 0.25) is 0 Å². The van der Waals surface area contributed by atoms with Crippen molar-refractivity contribution in [3.63, 3.8) is 0 Å². The summed E-state index contributed by atoms with van der Waals surface area (Å²) >= 11 is 0. The highest BCUT2D eigenvalue weighted by atomic mass is 16.5. The quantitative estimate of drug-likeness (QED) is 0.862. The van der Waals surface area contributed by atoms with Gasteiger partial charge in [-0.1, -0.05) is 18.2 Å². The third-order valence-electron chi connectivity index (χ3n) is 3.00. The van der Waals surface area contributed by atoms with Gasteiger partial charge in [-0.25, -0.2) is 9.67 Å². The van der Waals surface area contributed by atoms with Gasteiger partial charge in [0.25, 0.3) is 0 Å². The van der Waals surface area contributed by atoms with E-state index >= 15 is 0 Å². The van der Waals surface area contributed by atoms with Gasteiger partial charge < -0.3 is 10.1 Å². The van der Waals surface area contributed by atoms with E-state index < -0.39 is 0 Å². The molecule has 2 rings (SSSR count). The summed E-state index contributed by atoms with van der Waals surface area (Å²) in [6.45, 7) is 6.13. The molecule has 5 heteroatoms. The van der Waals surface area contributed by atoms with E-state index in [0.29, 0.717) is 6.61 Å². The van der Waals surface area contributed by atoms with Gasteiger partial charge in [-0.15, -0.1) is 0 Å². The fraction of sp³-hybridized carbons (Fsp3) is 0.429. The summed E-state index contributed by atoms with van der Waals surface area (Å²) in [6, 6.07) is 6.17. The van der Waals surface area contributed by atoms with E-state index in [4.69, 9.17) is 4.74 Å². The lowest BCUT2D eigenvalue weighted by atomic mass is 10.1. The number of ether oxygens (including phenoxy) is 1. The molecule has 0 radical (unpaired) electrons. The molecule has 0 spiro atoms. The van der Waals surface area contributed by atoms with Crippen LogP contribution in [0.25, 0.3) is 0 Å². The summed E-state index contributed by atoms with van der Waals surface area (Å²) in [5.74, 6) is 1.78. The van der Waals surface area contributed by atoms with Crippen LogP contribution in [0.5, 0.6) is 5.75 Å². The molecule has 0 fully saturated rings. The fourth-order valence-corrected chi connectivity index (χ4v) is 2.05. The van der Waals surface area contributed by atoms with Gasteiger partial charge in [-0.05, 0) is 26.5 Å². The number of aryl methyl sites for hydroxylation is 2. The Hall–Kier alpha value is -1.88. The predicted octanol–water partition coefficient (Wildman–Crippen LogP) is 1.90. The van der Waals surface area contributed by atoms with Crippen LogP contribution in [0.15, 0.2) is 24.5 Å². The van der Waals surface area contributed by atoms with Crippen molar-refractivity contribution in [3.8, 4) is 5.75 Å². The van der Waals surface area contributed by atoms with Crippen LogP contribution in [0, 0.1) is 6.92 Å². The van der Waals surface area contributed by atoms with E-state index in [1.807, 2.05) is 24.7 Å². The van der Waals surface area contributed by atoms with Crippen LogP contribution in [-0.2, 0) is 19.7 Å². The third kappa shape index (κ3) is 3.12. The number of benzene rings is 1. The van der Waals surface area contributed by atoms with Gasteiger partial charge in [0.05, 0.1) is 0 Å². The van der Waals surface area contributed by atoms with Gasteiger partial charge in [0.1, 0.15) is 18.7 Å². The second-order valence-corrected chi connectivity index (χ2v) is 4.37. The molecule has 5 nitrogen and oxygen atoms in total. The third-order valence-corrected chi connectivity index (χ3v) is 3.00. The average molecular weight is 260 g/mol. The minimum Gasteiger partial charge on any atom is -0.485 e. The first kappa shape index (κ1) is 13.5. The highest BCUT2D eigenvalue weighted by molar-refractivity contribution is 5.40. The lowest BCUT2D eigenvalue weighted by molar-refractivity contribution is 0.282. The summed E-state index contributed by atoms with van der Waals surface area (Å²) in [6.07, 6.45) is 1.56. The van der Waals surface area contributed by atoms with Gasteiger partial charge in [0.15, 0.2) is 5.82 Å². The molecule has 0 aliphatic heterocycles. The molecule has 1 N–H and O–H groups in total. The first-order chi connectivity index (χ1) is 9.26. The Morgan fingerprint density at radius 2 is 2.21 bits per heavy atom. The van der Waals surface area contributed by atoms with Crippen LogP contribution >= 0.6 is 0 Å². The number of rotatable bonds is 6. The van der Waals surface area contributed by atoms with Gasteiger partial charge in [0, 0.05) is 18.7 Å². The maximum atomic E-state index is 5.94. The molecule has 0 amide bonds. The van der Waals surface area contributed by atoms with Crippen LogP contribution < -0.4 is 10.1 Å². The molecule has 0 aliphatic rings. The van der Waals surface area contributed by atoms with Crippen molar-refractivity contribution in [1.82, 2.24) is 20.1 Å². The van der Waals surface area contributed by atoms with E-state index in [1.54, 1.807) is 6.33 Å². The van der Waals surface area contributed by atoms with Crippen LogP contribution in [0.4, 0.5) is 0 Å². The van der Waals surface area contributed by atoms with Crippen LogP contribution in [0.3, 0.4) is 0 Å². The predicted molar refractivity (Wildman–Crippen MR) is 74.0 cm³/mol. The molecule has 0 saturated carbocycles. The van der Waals surface area contributed by atoms with Crippen molar-refractivity contribution in [3.05, 3.63) is 41.5 Å². The Morgan fingerprint density at radius 1 is 1.37 bits per heavy atom. The molecular weight excluding hydrogens is 240 g/mol. The highest BCUT2D eigenvalue weighted by Crippen LogP contribution is 2.24. The summed E-state index contributed by atoms with van der Waals surface area (Å²) in [5, 5.41) is 7.30. The summed E-state index contributed by atoms with van der Waals surface area (Å²) < 4.78 is 7.79. The second-order valence-electron chi connectivity index (χ2n) is 4.37. The zero-order valence-electron chi connectivity index (χ0n) is 11.7. The molecule has 2 aromatic rings. The highest BCUT2D eigenvalue weighted by Gasteiger charge is 2.09. The van der Waals surface area contributed by atoms with Gasteiger partial charge in [0.2, 0.25) is 0 Å². The van der Waals surface area contributed by atoms with Crippen molar-refractivity contribution < 1.29 is 4.74 Å². The summed E-state index contributed by atoms with van der Waals surface area (Å²) in [7, 11) is 1.93. The second kappa shape index (κ2) is 6.33. The average Bonchev–Trinajstić information content (AvgIpc) is 2.86. The first-order valence-corrected chi connectivity index (χ1v) is 6.48. The number of aromatic nitrogens is 3. The van der Waals surface area contributed by atoms with Crippen molar-refractivity contribution >= 4 is 0 Å².